The minimum absolute atomic E-state index is 0.492. The van der Waals surface area contributed by atoms with Crippen molar-refractivity contribution < 1.29 is 19.2 Å². The second kappa shape index (κ2) is 6.20. The molecule has 0 aliphatic heterocycles. The van der Waals surface area contributed by atoms with Crippen LogP contribution in [0.25, 0.3) is 6.08 Å². The number of rotatable bonds is 5. The summed E-state index contributed by atoms with van der Waals surface area (Å²) in [4.78, 5) is 0. The first kappa shape index (κ1) is 13.4. The third-order valence-corrected chi connectivity index (χ3v) is 2.25. The van der Waals surface area contributed by atoms with E-state index in [1.807, 2.05) is 12.1 Å². The average Bonchev–Trinajstić information content (AvgIpc) is 2.34. The van der Waals surface area contributed by atoms with Gasteiger partial charge in [-0.15, -0.1) is 0 Å². The van der Waals surface area contributed by atoms with E-state index >= 15 is 0 Å². The number of methoxy groups -OCH3 is 3. The highest BCUT2D eigenvalue weighted by atomic mass is 16.5. The van der Waals surface area contributed by atoms with Gasteiger partial charge in [-0.2, -0.15) is 0 Å². The molecule has 0 aromatic heterocycles. The first-order chi connectivity index (χ1) is 8.12. The van der Waals surface area contributed by atoms with Gasteiger partial charge in [-0.1, -0.05) is 18.9 Å². The molecule has 0 saturated carbocycles. The molecular weight excluding hydrogens is 219 g/mol. The van der Waals surface area contributed by atoms with Crippen molar-refractivity contribution in [2.45, 2.75) is 6.82 Å². The van der Waals surface area contributed by atoms with Crippen LogP contribution < -0.4 is 14.2 Å². The molecule has 0 bridgehead atoms. The summed E-state index contributed by atoms with van der Waals surface area (Å²) in [7, 11) is 4.70. The fraction of sp³-hybridized carbons (Fsp3) is 0.333. The van der Waals surface area contributed by atoms with Crippen LogP contribution in [0.1, 0.15) is 5.56 Å². The zero-order valence-electron chi connectivity index (χ0n) is 10.6. The predicted octanol–water partition coefficient (Wildman–Crippen LogP) is 1.88. The highest BCUT2D eigenvalue weighted by Gasteiger charge is 2.12. The van der Waals surface area contributed by atoms with Crippen LogP contribution in [-0.4, -0.2) is 33.3 Å². The van der Waals surface area contributed by atoms with Crippen molar-refractivity contribution in [3.63, 3.8) is 0 Å². The van der Waals surface area contributed by atoms with E-state index in [0.29, 0.717) is 17.2 Å². The van der Waals surface area contributed by atoms with Gasteiger partial charge in [0.1, 0.15) is 0 Å². The first-order valence-corrected chi connectivity index (χ1v) is 5.28. The average molecular weight is 236 g/mol. The van der Waals surface area contributed by atoms with Crippen molar-refractivity contribution >= 4 is 13.0 Å². The lowest BCUT2D eigenvalue weighted by molar-refractivity contribution is 0.324. The van der Waals surface area contributed by atoms with Crippen LogP contribution in [0.15, 0.2) is 18.1 Å². The van der Waals surface area contributed by atoms with Gasteiger partial charge >= 0.3 is 6.92 Å². The molecule has 0 saturated heterocycles. The summed E-state index contributed by atoms with van der Waals surface area (Å²) < 4.78 is 15.7. The van der Waals surface area contributed by atoms with Crippen molar-refractivity contribution in [3.05, 3.63) is 23.7 Å². The number of hydrogen-bond donors (Lipinski definition) is 1. The molecule has 0 radical (unpaired) electrons. The van der Waals surface area contributed by atoms with E-state index in [0.717, 1.165) is 5.56 Å². The quantitative estimate of drug-likeness (QED) is 0.793. The highest BCUT2D eigenvalue weighted by Crippen LogP contribution is 2.38. The number of hydrogen-bond acceptors (Lipinski definition) is 4. The summed E-state index contributed by atoms with van der Waals surface area (Å²) in [5.74, 6) is 3.43. The van der Waals surface area contributed by atoms with E-state index in [2.05, 4.69) is 0 Å². The van der Waals surface area contributed by atoms with Crippen molar-refractivity contribution in [3.8, 4) is 17.2 Å². The van der Waals surface area contributed by atoms with E-state index in [1.54, 1.807) is 40.2 Å². The van der Waals surface area contributed by atoms with Crippen LogP contribution in [0.3, 0.4) is 0 Å². The maximum atomic E-state index is 9.19. The summed E-state index contributed by atoms with van der Waals surface area (Å²) in [5.41, 5.74) is 0.875. The first-order valence-electron chi connectivity index (χ1n) is 5.28. The third kappa shape index (κ3) is 3.42. The topological polar surface area (TPSA) is 47.9 Å². The van der Waals surface area contributed by atoms with Gasteiger partial charge in [-0.3, -0.25) is 0 Å². The van der Waals surface area contributed by atoms with E-state index in [4.69, 9.17) is 14.2 Å². The molecule has 92 valence electrons. The lowest BCUT2D eigenvalue weighted by atomic mass is 9.72. The second-order valence-electron chi connectivity index (χ2n) is 3.56. The zero-order chi connectivity index (χ0) is 12.8. The normalized spacial score (nSPS) is 10.4. The van der Waals surface area contributed by atoms with Crippen molar-refractivity contribution in [2.75, 3.05) is 21.3 Å². The summed E-state index contributed by atoms with van der Waals surface area (Å²) >= 11 is 0. The highest BCUT2D eigenvalue weighted by molar-refractivity contribution is 6.55. The molecule has 1 aromatic rings. The maximum absolute atomic E-state index is 9.19. The van der Waals surface area contributed by atoms with E-state index < -0.39 is 6.92 Å². The Balaban J connectivity index is 3.17. The largest absolute Gasteiger partial charge is 0.493 e. The van der Waals surface area contributed by atoms with E-state index in [-0.39, 0.29) is 0 Å². The Labute approximate surface area is 102 Å². The Morgan fingerprint density at radius 1 is 1.06 bits per heavy atom. The molecule has 4 nitrogen and oxygen atoms in total. The lowest BCUT2D eigenvalue weighted by Crippen LogP contribution is -1.99. The number of ether oxygens (including phenoxy) is 3. The summed E-state index contributed by atoms with van der Waals surface area (Å²) in [6, 6.07) is 3.64. The Kier molecular flexibility index (Phi) is 4.91. The Hall–Kier alpha value is -1.62. The zero-order valence-corrected chi connectivity index (χ0v) is 10.6. The predicted molar refractivity (Wildman–Crippen MR) is 69.0 cm³/mol. The minimum atomic E-state index is -0.492. The second-order valence-corrected chi connectivity index (χ2v) is 3.56. The van der Waals surface area contributed by atoms with Gasteiger partial charge in [-0.05, 0) is 17.7 Å². The van der Waals surface area contributed by atoms with Crippen LogP contribution in [0.5, 0.6) is 17.2 Å². The molecule has 0 aliphatic carbocycles. The molecule has 0 spiro atoms. The monoisotopic (exact) mass is 236 g/mol. The molecule has 1 N–H and O–H groups in total. The van der Waals surface area contributed by atoms with Gasteiger partial charge in [0.25, 0.3) is 0 Å². The van der Waals surface area contributed by atoms with Crippen molar-refractivity contribution in [1.29, 1.82) is 0 Å². The Morgan fingerprint density at radius 2 is 1.59 bits per heavy atom. The van der Waals surface area contributed by atoms with Gasteiger partial charge in [0.15, 0.2) is 11.5 Å². The van der Waals surface area contributed by atoms with Gasteiger partial charge in [0.2, 0.25) is 5.75 Å². The van der Waals surface area contributed by atoms with Crippen molar-refractivity contribution in [1.82, 2.24) is 0 Å². The lowest BCUT2D eigenvalue weighted by Gasteiger charge is -2.12. The molecule has 0 unspecified atom stereocenters. The molecular formula is C12H17BO4. The Morgan fingerprint density at radius 3 is 1.94 bits per heavy atom. The SMILES string of the molecule is COc1cc(/C=C/B(C)O)cc(OC)c1OC. The summed E-state index contributed by atoms with van der Waals surface area (Å²) in [6.07, 6.45) is 1.80. The number of benzene rings is 1. The molecule has 0 heterocycles. The van der Waals surface area contributed by atoms with Crippen LogP contribution in [0.2, 0.25) is 6.82 Å². The van der Waals surface area contributed by atoms with Crippen LogP contribution in [0.4, 0.5) is 0 Å². The molecule has 1 aromatic carbocycles. The Bertz CT molecular complexity index is 376. The third-order valence-electron chi connectivity index (χ3n) is 2.25. The van der Waals surface area contributed by atoms with E-state index in [1.165, 1.54) is 0 Å². The smallest absolute Gasteiger partial charge is 0.312 e. The van der Waals surface area contributed by atoms with Crippen LogP contribution in [0, 0.1) is 0 Å². The van der Waals surface area contributed by atoms with Crippen LogP contribution in [-0.2, 0) is 0 Å². The molecule has 5 heteroatoms. The minimum Gasteiger partial charge on any atom is -0.493 e. The van der Waals surface area contributed by atoms with E-state index in [9.17, 15) is 5.02 Å². The molecule has 17 heavy (non-hydrogen) atoms. The standard InChI is InChI=1S/C12H17BO4/c1-13(14)6-5-9-7-10(15-2)12(17-4)11(8-9)16-3/h5-8,14H,1-4H3/b6-5+. The maximum Gasteiger partial charge on any atom is 0.312 e. The van der Waals surface area contributed by atoms with Gasteiger partial charge in [0, 0.05) is 0 Å². The van der Waals surface area contributed by atoms with Gasteiger partial charge < -0.3 is 19.2 Å². The summed E-state index contributed by atoms with van der Waals surface area (Å²) in [5, 5.41) is 9.19. The summed E-state index contributed by atoms with van der Waals surface area (Å²) in [6.45, 7) is 1.20. The van der Waals surface area contributed by atoms with Crippen LogP contribution >= 0.6 is 0 Å². The molecule has 0 amide bonds. The molecule has 1 rings (SSSR count). The molecule has 0 aliphatic rings. The fourth-order valence-corrected chi connectivity index (χ4v) is 1.45. The van der Waals surface area contributed by atoms with Crippen molar-refractivity contribution in [2.24, 2.45) is 0 Å². The molecule has 0 atom stereocenters. The van der Waals surface area contributed by atoms with Gasteiger partial charge in [0.05, 0.1) is 21.3 Å². The van der Waals surface area contributed by atoms with Gasteiger partial charge in [-0.25, -0.2) is 0 Å². The fourth-order valence-electron chi connectivity index (χ4n) is 1.45. The molecule has 0 fully saturated rings.